The van der Waals surface area contributed by atoms with Crippen LogP contribution in [0.4, 0.5) is 10.5 Å². The Bertz CT molecular complexity index is 935. The van der Waals surface area contributed by atoms with Gasteiger partial charge < -0.3 is 14.5 Å². The third kappa shape index (κ3) is 6.36. The van der Waals surface area contributed by atoms with Crippen LogP contribution < -0.4 is 5.32 Å². The third-order valence-electron chi connectivity index (χ3n) is 6.47. The minimum atomic E-state index is -0.452. The van der Waals surface area contributed by atoms with E-state index in [4.69, 9.17) is 4.74 Å². The van der Waals surface area contributed by atoms with Crippen LogP contribution in [-0.2, 0) is 4.74 Å². The number of hydrogen-bond donors (Lipinski definition) is 1. The van der Waals surface area contributed by atoms with Gasteiger partial charge in [-0.3, -0.25) is 15.0 Å². The van der Waals surface area contributed by atoms with E-state index >= 15 is 0 Å². The van der Waals surface area contributed by atoms with Crippen LogP contribution >= 0.6 is 0 Å². The van der Waals surface area contributed by atoms with Crippen molar-refractivity contribution < 1.29 is 14.3 Å². The van der Waals surface area contributed by atoms with E-state index in [9.17, 15) is 9.59 Å². The highest BCUT2D eigenvalue weighted by Gasteiger charge is 2.27. The van der Waals surface area contributed by atoms with Crippen molar-refractivity contribution in [1.82, 2.24) is 14.7 Å². The zero-order chi connectivity index (χ0) is 24.5. The summed E-state index contributed by atoms with van der Waals surface area (Å²) in [6, 6.07) is 16.0. The molecule has 1 atom stereocenters. The van der Waals surface area contributed by atoms with Crippen molar-refractivity contribution in [3.8, 4) is 0 Å². The lowest BCUT2D eigenvalue weighted by Crippen LogP contribution is -2.47. The van der Waals surface area contributed by atoms with Crippen LogP contribution in [-0.4, -0.2) is 79.1 Å². The molecule has 1 fully saturated rings. The van der Waals surface area contributed by atoms with Gasteiger partial charge in [-0.05, 0) is 62.7 Å². The van der Waals surface area contributed by atoms with Crippen LogP contribution in [0.5, 0.6) is 0 Å². The highest BCUT2D eigenvalue weighted by atomic mass is 16.5. The highest BCUT2D eigenvalue weighted by Crippen LogP contribution is 2.31. The quantitative estimate of drug-likeness (QED) is 0.591. The molecule has 2 aromatic carbocycles. The Balaban J connectivity index is 1.91. The molecule has 1 aliphatic heterocycles. The number of likely N-dealkylation sites (N-methyl/N-ethyl adjacent to an activating group) is 1. The minimum Gasteiger partial charge on any atom is -0.450 e. The first kappa shape index (κ1) is 25.7. The van der Waals surface area contributed by atoms with Crippen LogP contribution in [0.3, 0.4) is 0 Å². The first-order valence-electron chi connectivity index (χ1n) is 12.4. The molecule has 1 N–H and O–H groups in total. The SMILES string of the molecule is CCOC(=O)Nc1cccc([C@@H](c2ccc(C(=O)N(CC)CC)cc2)N2CCN(CC)CC2)c1. The summed E-state index contributed by atoms with van der Waals surface area (Å²) < 4.78 is 5.04. The van der Waals surface area contributed by atoms with Crippen LogP contribution in [0.25, 0.3) is 0 Å². The summed E-state index contributed by atoms with van der Waals surface area (Å²) in [5.74, 6) is 0.0605. The van der Waals surface area contributed by atoms with Gasteiger partial charge in [0.25, 0.3) is 5.91 Å². The molecule has 3 rings (SSSR count). The second kappa shape index (κ2) is 12.5. The molecule has 1 saturated heterocycles. The molecule has 1 aliphatic rings. The van der Waals surface area contributed by atoms with E-state index in [-0.39, 0.29) is 11.9 Å². The normalized spacial score (nSPS) is 15.5. The van der Waals surface area contributed by atoms with Gasteiger partial charge in [-0.15, -0.1) is 0 Å². The van der Waals surface area contributed by atoms with Gasteiger partial charge in [0.2, 0.25) is 0 Å². The molecule has 0 spiro atoms. The lowest BCUT2D eigenvalue weighted by molar-refractivity contribution is 0.0773. The zero-order valence-corrected chi connectivity index (χ0v) is 20.9. The topological polar surface area (TPSA) is 65.1 Å². The molecule has 0 radical (unpaired) electrons. The summed E-state index contributed by atoms with van der Waals surface area (Å²) in [5, 5.41) is 2.82. The second-order valence-electron chi connectivity index (χ2n) is 8.44. The average Bonchev–Trinajstić information content (AvgIpc) is 2.86. The number of hydrogen-bond acceptors (Lipinski definition) is 5. The van der Waals surface area contributed by atoms with Crippen LogP contribution in [0.15, 0.2) is 48.5 Å². The number of amides is 2. The molecule has 2 amide bonds. The van der Waals surface area contributed by atoms with E-state index in [2.05, 4.69) is 40.2 Å². The van der Waals surface area contributed by atoms with Crippen LogP contribution in [0.1, 0.15) is 55.2 Å². The Labute approximate surface area is 203 Å². The number of rotatable bonds is 9. The number of carbonyl (C=O) groups is 2. The molecule has 0 saturated carbocycles. The molecular weight excluding hydrogens is 428 g/mol. The predicted octanol–water partition coefficient (Wildman–Crippen LogP) is 4.46. The highest BCUT2D eigenvalue weighted by molar-refractivity contribution is 5.94. The van der Waals surface area contributed by atoms with Gasteiger partial charge in [-0.25, -0.2) is 4.79 Å². The van der Waals surface area contributed by atoms with Crippen molar-refractivity contribution in [2.24, 2.45) is 0 Å². The molecule has 184 valence electrons. The smallest absolute Gasteiger partial charge is 0.411 e. The van der Waals surface area contributed by atoms with E-state index in [1.807, 2.05) is 49.1 Å². The summed E-state index contributed by atoms with van der Waals surface area (Å²) in [6.07, 6.45) is -0.452. The fourth-order valence-electron chi connectivity index (χ4n) is 4.52. The number of ether oxygens (including phenoxy) is 1. The van der Waals surface area contributed by atoms with Gasteiger partial charge in [0.1, 0.15) is 0 Å². The molecular formula is C27H38N4O3. The van der Waals surface area contributed by atoms with E-state index < -0.39 is 6.09 Å². The zero-order valence-electron chi connectivity index (χ0n) is 20.9. The van der Waals surface area contributed by atoms with Crippen LogP contribution in [0, 0.1) is 0 Å². The van der Waals surface area contributed by atoms with Gasteiger partial charge in [0.05, 0.1) is 12.6 Å². The minimum absolute atomic E-state index is 0.0283. The van der Waals surface area contributed by atoms with E-state index in [0.717, 1.165) is 43.9 Å². The molecule has 0 aromatic heterocycles. The van der Waals surface area contributed by atoms with Gasteiger partial charge in [0, 0.05) is 50.5 Å². The molecule has 2 aromatic rings. The van der Waals surface area contributed by atoms with Crippen molar-refractivity contribution in [1.29, 1.82) is 0 Å². The van der Waals surface area contributed by atoms with Crippen molar-refractivity contribution >= 4 is 17.7 Å². The number of piperazine rings is 1. The summed E-state index contributed by atoms with van der Waals surface area (Å²) >= 11 is 0. The first-order valence-corrected chi connectivity index (χ1v) is 12.4. The molecule has 7 nitrogen and oxygen atoms in total. The van der Waals surface area contributed by atoms with E-state index in [1.165, 1.54) is 0 Å². The number of anilines is 1. The lowest BCUT2D eigenvalue weighted by Gasteiger charge is -2.39. The van der Waals surface area contributed by atoms with Crippen molar-refractivity contribution in [3.05, 3.63) is 65.2 Å². The Morgan fingerprint density at radius 2 is 1.62 bits per heavy atom. The maximum absolute atomic E-state index is 12.8. The Hall–Kier alpha value is -2.90. The number of nitrogens with zero attached hydrogens (tertiary/aromatic N) is 3. The van der Waals surface area contributed by atoms with Gasteiger partial charge in [0.15, 0.2) is 0 Å². The Morgan fingerprint density at radius 3 is 2.21 bits per heavy atom. The fraction of sp³-hybridized carbons (Fsp3) is 0.481. The molecule has 34 heavy (non-hydrogen) atoms. The second-order valence-corrected chi connectivity index (χ2v) is 8.44. The summed E-state index contributed by atoms with van der Waals surface area (Å²) in [6.45, 7) is 14.7. The largest absolute Gasteiger partial charge is 0.450 e. The van der Waals surface area contributed by atoms with E-state index in [1.54, 1.807) is 6.92 Å². The number of carbonyl (C=O) groups excluding carboxylic acids is 2. The van der Waals surface area contributed by atoms with Gasteiger partial charge >= 0.3 is 6.09 Å². The summed E-state index contributed by atoms with van der Waals surface area (Å²) in [5.41, 5.74) is 3.65. The molecule has 0 bridgehead atoms. The predicted molar refractivity (Wildman–Crippen MR) is 136 cm³/mol. The maximum Gasteiger partial charge on any atom is 0.411 e. The molecule has 0 aliphatic carbocycles. The third-order valence-corrected chi connectivity index (χ3v) is 6.47. The average molecular weight is 467 g/mol. The first-order chi connectivity index (χ1) is 16.5. The maximum atomic E-state index is 12.8. The Morgan fingerprint density at radius 1 is 0.941 bits per heavy atom. The monoisotopic (exact) mass is 466 g/mol. The molecule has 0 unspecified atom stereocenters. The Kier molecular flexibility index (Phi) is 9.48. The fourth-order valence-corrected chi connectivity index (χ4v) is 4.52. The van der Waals surface area contributed by atoms with Gasteiger partial charge in [-0.1, -0.05) is 31.2 Å². The van der Waals surface area contributed by atoms with Crippen LogP contribution in [0.2, 0.25) is 0 Å². The lowest BCUT2D eigenvalue weighted by atomic mass is 9.95. The van der Waals surface area contributed by atoms with Crippen molar-refractivity contribution in [3.63, 3.8) is 0 Å². The van der Waals surface area contributed by atoms with Gasteiger partial charge in [-0.2, -0.15) is 0 Å². The summed E-state index contributed by atoms with van der Waals surface area (Å²) in [7, 11) is 0. The summed E-state index contributed by atoms with van der Waals surface area (Å²) in [4.78, 5) is 31.5. The number of nitrogens with one attached hydrogen (secondary N) is 1. The van der Waals surface area contributed by atoms with E-state index in [0.29, 0.717) is 30.9 Å². The van der Waals surface area contributed by atoms with Crippen molar-refractivity contribution in [2.75, 3.05) is 57.7 Å². The molecule has 7 heteroatoms. The standard InChI is InChI=1S/C27H38N4O3/c1-5-29-16-18-31(19-17-29)25(23-10-9-11-24(20-23)28-27(33)34-8-4)21-12-14-22(15-13-21)26(32)30(6-2)7-3/h9-15,20,25H,5-8,16-19H2,1-4H3,(H,28,33)/t25-/m1/s1. The molecule has 1 heterocycles. The number of benzene rings is 2. The van der Waals surface area contributed by atoms with Crippen molar-refractivity contribution in [2.45, 2.75) is 33.7 Å².